The van der Waals surface area contributed by atoms with E-state index in [0.717, 1.165) is 0 Å². The number of aromatic nitrogens is 2. The number of hydrogen-bond acceptors (Lipinski definition) is 4. The molecule has 1 aromatic heterocycles. The molecule has 0 amide bonds. The fourth-order valence-corrected chi connectivity index (χ4v) is 1.59. The van der Waals surface area contributed by atoms with E-state index in [0.29, 0.717) is 11.1 Å². The zero-order valence-corrected chi connectivity index (χ0v) is 9.30. The van der Waals surface area contributed by atoms with Gasteiger partial charge >= 0.3 is 0 Å². The van der Waals surface area contributed by atoms with Crippen molar-refractivity contribution in [2.24, 2.45) is 5.73 Å². The number of benzene rings is 1. The summed E-state index contributed by atoms with van der Waals surface area (Å²) in [4.78, 5) is 0. The van der Waals surface area contributed by atoms with Crippen molar-refractivity contribution in [1.82, 2.24) is 10.2 Å². The molecule has 0 saturated heterocycles. The van der Waals surface area contributed by atoms with Gasteiger partial charge in [-0.05, 0) is 17.7 Å². The molecule has 2 N–H and O–H groups in total. The van der Waals surface area contributed by atoms with Crippen LogP contribution in [0.4, 0.5) is 4.39 Å². The Morgan fingerprint density at radius 2 is 2.12 bits per heavy atom. The average Bonchev–Trinajstić information content (AvgIpc) is 2.39. The van der Waals surface area contributed by atoms with E-state index in [2.05, 4.69) is 10.2 Å². The summed E-state index contributed by atoms with van der Waals surface area (Å²) in [5.74, 6) is -0.265. The number of ether oxygens (including phenoxy) is 1. The second kappa shape index (κ2) is 4.88. The molecule has 4 nitrogen and oxygen atoms in total. The van der Waals surface area contributed by atoms with Crippen LogP contribution in [0.3, 0.4) is 0 Å². The van der Waals surface area contributed by atoms with Gasteiger partial charge in [-0.2, -0.15) is 10.2 Å². The molecule has 1 aromatic carbocycles. The fraction of sp³-hybridized carbons (Fsp3) is 0.167. The lowest BCUT2D eigenvalue weighted by atomic mass is 10.0. The Hall–Kier alpha value is -2.01. The molecular weight excluding hydrogens is 221 g/mol. The third-order valence-electron chi connectivity index (χ3n) is 2.51. The van der Waals surface area contributed by atoms with Crippen molar-refractivity contribution >= 4 is 0 Å². The van der Waals surface area contributed by atoms with Gasteiger partial charge in [0.15, 0.2) is 11.6 Å². The van der Waals surface area contributed by atoms with E-state index in [1.165, 1.54) is 19.5 Å². The van der Waals surface area contributed by atoms with Gasteiger partial charge in [-0.25, -0.2) is 4.39 Å². The van der Waals surface area contributed by atoms with E-state index >= 15 is 0 Å². The number of nitrogens with zero attached hydrogens (tertiary/aromatic N) is 2. The van der Waals surface area contributed by atoms with Gasteiger partial charge in [-0.1, -0.05) is 12.1 Å². The third kappa shape index (κ3) is 2.24. The molecule has 2 rings (SSSR count). The SMILES string of the molecule is COc1cccc(C(N)c2ccnnc2)c1F. The molecule has 88 valence electrons. The minimum atomic E-state index is -0.583. The van der Waals surface area contributed by atoms with E-state index < -0.39 is 11.9 Å². The van der Waals surface area contributed by atoms with Crippen LogP contribution in [0.15, 0.2) is 36.7 Å². The Kier molecular flexibility index (Phi) is 3.30. The largest absolute Gasteiger partial charge is 0.494 e. The highest BCUT2D eigenvalue weighted by Gasteiger charge is 2.16. The van der Waals surface area contributed by atoms with Gasteiger partial charge in [0.25, 0.3) is 0 Å². The summed E-state index contributed by atoms with van der Waals surface area (Å²) in [5.41, 5.74) is 7.05. The molecule has 0 aliphatic rings. The molecule has 1 heterocycles. The number of hydrogen-bond donors (Lipinski definition) is 1. The minimum absolute atomic E-state index is 0.181. The standard InChI is InChI=1S/C12H12FN3O/c1-17-10-4-2-3-9(11(10)13)12(14)8-5-6-15-16-7-8/h2-7,12H,14H2,1H3. The van der Waals surface area contributed by atoms with Crippen molar-refractivity contribution in [3.05, 3.63) is 53.6 Å². The molecule has 0 radical (unpaired) electrons. The molecule has 1 atom stereocenters. The normalized spacial score (nSPS) is 12.2. The average molecular weight is 233 g/mol. The summed E-state index contributed by atoms with van der Waals surface area (Å²) >= 11 is 0. The number of rotatable bonds is 3. The van der Waals surface area contributed by atoms with Crippen LogP contribution in [0, 0.1) is 5.82 Å². The number of halogens is 1. The van der Waals surface area contributed by atoms with Crippen LogP contribution in [0.1, 0.15) is 17.2 Å². The molecule has 5 heteroatoms. The molecule has 2 aromatic rings. The molecule has 17 heavy (non-hydrogen) atoms. The Morgan fingerprint density at radius 1 is 1.29 bits per heavy atom. The second-order valence-corrected chi connectivity index (χ2v) is 3.52. The zero-order chi connectivity index (χ0) is 12.3. The first-order valence-corrected chi connectivity index (χ1v) is 5.08. The summed E-state index contributed by atoms with van der Waals surface area (Å²) in [6.45, 7) is 0. The van der Waals surface area contributed by atoms with Crippen LogP contribution in [-0.4, -0.2) is 17.3 Å². The second-order valence-electron chi connectivity index (χ2n) is 3.52. The predicted molar refractivity (Wildman–Crippen MR) is 61.0 cm³/mol. The van der Waals surface area contributed by atoms with Crippen LogP contribution in [-0.2, 0) is 0 Å². The Morgan fingerprint density at radius 3 is 2.76 bits per heavy atom. The van der Waals surface area contributed by atoms with Gasteiger partial charge in [0.1, 0.15) is 0 Å². The molecule has 0 aliphatic heterocycles. The lowest BCUT2D eigenvalue weighted by Gasteiger charge is -2.14. The highest BCUT2D eigenvalue weighted by Crippen LogP contribution is 2.27. The summed E-state index contributed by atoms with van der Waals surface area (Å²) in [7, 11) is 1.42. The lowest BCUT2D eigenvalue weighted by molar-refractivity contribution is 0.383. The first kappa shape index (κ1) is 11.5. The van der Waals surface area contributed by atoms with Crippen molar-refractivity contribution in [2.75, 3.05) is 7.11 Å². The van der Waals surface area contributed by atoms with Gasteiger partial charge in [0.05, 0.1) is 19.3 Å². The van der Waals surface area contributed by atoms with Crippen molar-refractivity contribution < 1.29 is 9.13 Å². The molecule has 0 bridgehead atoms. The van der Waals surface area contributed by atoms with Crippen LogP contribution >= 0.6 is 0 Å². The number of methoxy groups -OCH3 is 1. The maximum absolute atomic E-state index is 14.0. The third-order valence-corrected chi connectivity index (χ3v) is 2.51. The van der Waals surface area contributed by atoms with Crippen LogP contribution < -0.4 is 10.5 Å². The van der Waals surface area contributed by atoms with Crippen molar-refractivity contribution in [3.63, 3.8) is 0 Å². The molecule has 0 aliphatic carbocycles. The highest BCUT2D eigenvalue weighted by molar-refractivity contribution is 5.37. The van der Waals surface area contributed by atoms with Crippen molar-refractivity contribution in [1.29, 1.82) is 0 Å². The van der Waals surface area contributed by atoms with E-state index in [9.17, 15) is 4.39 Å². The maximum atomic E-state index is 14.0. The molecule has 1 unspecified atom stereocenters. The molecular formula is C12H12FN3O. The predicted octanol–water partition coefficient (Wildman–Crippen LogP) is 1.67. The van der Waals surface area contributed by atoms with Gasteiger partial charge in [0.2, 0.25) is 0 Å². The zero-order valence-electron chi connectivity index (χ0n) is 9.30. The van der Waals surface area contributed by atoms with Crippen LogP contribution in [0.5, 0.6) is 5.75 Å². The van der Waals surface area contributed by atoms with Gasteiger partial charge < -0.3 is 10.5 Å². The van der Waals surface area contributed by atoms with Gasteiger partial charge in [-0.15, -0.1) is 0 Å². The van der Waals surface area contributed by atoms with E-state index in [4.69, 9.17) is 10.5 Å². The van der Waals surface area contributed by atoms with Crippen molar-refractivity contribution in [2.45, 2.75) is 6.04 Å². The first-order chi connectivity index (χ1) is 8.24. The Bertz CT molecular complexity index is 504. The van der Waals surface area contributed by atoms with Crippen LogP contribution in [0.2, 0.25) is 0 Å². The number of nitrogens with two attached hydrogens (primary N) is 1. The van der Waals surface area contributed by atoms with E-state index in [-0.39, 0.29) is 5.75 Å². The lowest BCUT2D eigenvalue weighted by Crippen LogP contribution is -2.14. The van der Waals surface area contributed by atoms with E-state index in [1.54, 1.807) is 24.3 Å². The first-order valence-electron chi connectivity index (χ1n) is 5.08. The Labute approximate surface area is 98.2 Å². The van der Waals surface area contributed by atoms with Gasteiger partial charge in [0, 0.05) is 11.8 Å². The molecule has 0 spiro atoms. The fourth-order valence-electron chi connectivity index (χ4n) is 1.59. The maximum Gasteiger partial charge on any atom is 0.170 e. The molecule has 0 fully saturated rings. The summed E-state index contributed by atoms with van der Waals surface area (Å²) < 4.78 is 18.9. The minimum Gasteiger partial charge on any atom is -0.494 e. The summed E-state index contributed by atoms with van der Waals surface area (Å²) in [6.07, 6.45) is 3.04. The Balaban J connectivity index is 2.41. The van der Waals surface area contributed by atoms with Gasteiger partial charge in [-0.3, -0.25) is 0 Å². The summed E-state index contributed by atoms with van der Waals surface area (Å²) in [5, 5.41) is 7.37. The highest BCUT2D eigenvalue weighted by atomic mass is 19.1. The topological polar surface area (TPSA) is 61.0 Å². The smallest absolute Gasteiger partial charge is 0.170 e. The van der Waals surface area contributed by atoms with E-state index in [1.807, 2.05) is 0 Å². The monoisotopic (exact) mass is 233 g/mol. The van der Waals surface area contributed by atoms with Crippen LogP contribution in [0.25, 0.3) is 0 Å². The molecule has 0 saturated carbocycles. The quantitative estimate of drug-likeness (QED) is 0.876. The van der Waals surface area contributed by atoms with Crippen molar-refractivity contribution in [3.8, 4) is 5.75 Å². The summed E-state index contributed by atoms with van der Waals surface area (Å²) in [6, 6.07) is 6.00.